The summed E-state index contributed by atoms with van der Waals surface area (Å²) < 4.78 is 39.0. The molecule has 296 valence electrons. The van der Waals surface area contributed by atoms with E-state index in [-0.39, 0.29) is 40.1 Å². The first-order valence-electron chi connectivity index (χ1n) is 18.6. The summed E-state index contributed by atoms with van der Waals surface area (Å²) in [6.07, 6.45) is 2.69. The zero-order valence-corrected chi connectivity index (χ0v) is 33.3. The lowest BCUT2D eigenvalue weighted by atomic mass is 9.62. The Morgan fingerprint density at radius 3 is 2.09 bits per heavy atom. The molecule has 14 nitrogen and oxygen atoms in total. The van der Waals surface area contributed by atoms with E-state index in [2.05, 4.69) is 20.6 Å². The van der Waals surface area contributed by atoms with Gasteiger partial charge >= 0.3 is 24.4 Å². The number of nitrogens with zero attached hydrogens (tertiary/aromatic N) is 4. The fraction of sp³-hybridized carbons (Fsp3) is 0.550. The van der Waals surface area contributed by atoms with Gasteiger partial charge in [-0.1, -0.05) is 0 Å². The van der Waals surface area contributed by atoms with Gasteiger partial charge in [0.25, 0.3) is 0 Å². The van der Waals surface area contributed by atoms with Crippen LogP contribution < -0.4 is 15.5 Å². The van der Waals surface area contributed by atoms with Crippen molar-refractivity contribution in [3.63, 3.8) is 0 Å². The molecule has 2 N–H and O–H groups in total. The molecule has 2 aromatic heterocycles. The number of pyridine rings is 2. The van der Waals surface area contributed by atoms with Crippen LogP contribution in [0.1, 0.15) is 92.8 Å². The number of likely N-dealkylation sites (tertiary alicyclic amines) is 1. The van der Waals surface area contributed by atoms with Gasteiger partial charge in [0, 0.05) is 54.0 Å². The van der Waals surface area contributed by atoms with Crippen LogP contribution in [0, 0.1) is 18.2 Å². The Bertz CT molecular complexity index is 2040. The molecule has 0 bridgehead atoms. The number of ether oxygens (including phenoxy) is 4. The van der Waals surface area contributed by atoms with E-state index in [0.29, 0.717) is 73.2 Å². The van der Waals surface area contributed by atoms with Crippen LogP contribution in [0.4, 0.5) is 40.8 Å². The summed E-state index contributed by atoms with van der Waals surface area (Å²) in [5.74, 6) is -0.617. The number of benzene rings is 1. The van der Waals surface area contributed by atoms with Crippen molar-refractivity contribution in [3.05, 3.63) is 41.6 Å². The highest BCUT2D eigenvalue weighted by Crippen LogP contribution is 2.50. The molecule has 3 aliphatic rings. The largest absolute Gasteiger partial charge is 0.446 e. The molecule has 1 saturated carbocycles. The van der Waals surface area contributed by atoms with Crippen molar-refractivity contribution >= 4 is 52.3 Å². The summed E-state index contributed by atoms with van der Waals surface area (Å²) in [6.45, 7) is 19.2. The van der Waals surface area contributed by atoms with Gasteiger partial charge in [-0.05, 0) is 118 Å². The fourth-order valence-electron chi connectivity index (χ4n) is 7.29. The molecule has 1 saturated heterocycles. The summed E-state index contributed by atoms with van der Waals surface area (Å²) in [4.78, 5) is 63.9. The Balaban J connectivity index is 1.26. The molecule has 55 heavy (non-hydrogen) atoms. The zero-order valence-electron chi connectivity index (χ0n) is 33.3. The summed E-state index contributed by atoms with van der Waals surface area (Å²) in [7, 11) is 0. The minimum atomic E-state index is -0.869. The molecule has 0 atom stereocenters. The number of anilines is 3. The second kappa shape index (κ2) is 14.1. The van der Waals surface area contributed by atoms with Crippen molar-refractivity contribution in [2.75, 3.05) is 35.2 Å². The highest BCUT2D eigenvalue weighted by molar-refractivity contribution is 6.04. The highest BCUT2D eigenvalue weighted by atomic mass is 19.1. The molecule has 2 fully saturated rings. The highest BCUT2D eigenvalue weighted by Gasteiger charge is 2.56. The Morgan fingerprint density at radius 1 is 0.818 bits per heavy atom. The second-order valence-corrected chi connectivity index (χ2v) is 17.8. The van der Waals surface area contributed by atoms with E-state index >= 15 is 4.39 Å². The standard InChI is InChI=1S/C40H51FN6O8/c1-22-26(18-42-28-12-11-13-47(32(22)28)36(51)55-39(8,9)10)25-14-23-15-29(43-19-27(23)31(30(25)41)45-34(49)53-37(2,3)4)44-33(48)52-24-16-40(17-24)20-46(21-40)35(50)54-38(5,6)7/h14-15,18-19,24H,11-13,16-17,20-21H2,1-10H3,(H,45,49)(H,43,44,48). The Labute approximate surface area is 320 Å². The van der Waals surface area contributed by atoms with Crippen LogP contribution in [0.15, 0.2) is 24.5 Å². The van der Waals surface area contributed by atoms with E-state index in [1.807, 2.05) is 20.8 Å². The Morgan fingerprint density at radius 2 is 1.45 bits per heavy atom. The minimum Gasteiger partial charge on any atom is -0.446 e. The van der Waals surface area contributed by atoms with E-state index in [1.165, 1.54) is 11.1 Å². The quantitative estimate of drug-likeness (QED) is 0.246. The maximum absolute atomic E-state index is 16.8. The van der Waals surface area contributed by atoms with Crippen LogP contribution in [0.2, 0.25) is 0 Å². The smallest absolute Gasteiger partial charge is 0.414 e. The van der Waals surface area contributed by atoms with Crippen LogP contribution >= 0.6 is 0 Å². The molecule has 6 rings (SSSR count). The van der Waals surface area contributed by atoms with Crippen LogP contribution in [0.3, 0.4) is 0 Å². The van der Waals surface area contributed by atoms with Crippen molar-refractivity contribution in [1.82, 2.24) is 14.9 Å². The van der Waals surface area contributed by atoms with Crippen LogP contribution in [-0.2, 0) is 25.4 Å². The van der Waals surface area contributed by atoms with Crippen LogP contribution in [0.25, 0.3) is 21.9 Å². The predicted molar refractivity (Wildman–Crippen MR) is 205 cm³/mol. The SMILES string of the molecule is Cc1c(-c2cc3cc(NC(=O)OC4CC5(C4)CN(C(=O)OC(C)(C)C)C5)ncc3c(NC(=O)OC(C)(C)C)c2F)cnc2c1N(C(=O)OC(C)(C)C)CCC2. The summed E-state index contributed by atoms with van der Waals surface area (Å²) in [5, 5.41) is 5.93. The third-order valence-electron chi connectivity index (χ3n) is 9.47. The number of aryl methyl sites for hydroxylation is 1. The topological polar surface area (TPSA) is 162 Å². The monoisotopic (exact) mass is 762 g/mol. The Hall–Kier alpha value is -5.21. The molecule has 4 heterocycles. The average Bonchev–Trinajstić information content (AvgIpc) is 3.00. The minimum absolute atomic E-state index is 0.0886. The van der Waals surface area contributed by atoms with E-state index in [0.717, 1.165) is 0 Å². The van der Waals surface area contributed by atoms with Crippen molar-refractivity contribution in [1.29, 1.82) is 0 Å². The van der Waals surface area contributed by atoms with Gasteiger partial charge in [-0.25, -0.2) is 28.6 Å². The van der Waals surface area contributed by atoms with Crippen molar-refractivity contribution in [2.45, 2.75) is 118 Å². The lowest BCUT2D eigenvalue weighted by molar-refractivity contribution is -0.125. The number of nitrogens with one attached hydrogen (secondary N) is 2. The van der Waals surface area contributed by atoms with E-state index in [9.17, 15) is 19.2 Å². The van der Waals surface area contributed by atoms with E-state index < -0.39 is 40.9 Å². The number of aromatic nitrogens is 2. The van der Waals surface area contributed by atoms with Gasteiger partial charge < -0.3 is 23.8 Å². The fourth-order valence-corrected chi connectivity index (χ4v) is 7.29. The van der Waals surface area contributed by atoms with Gasteiger partial charge in [-0.15, -0.1) is 0 Å². The maximum atomic E-state index is 16.8. The normalized spacial score (nSPS) is 16.8. The molecule has 1 spiro atoms. The van der Waals surface area contributed by atoms with Crippen molar-refractivity contribution in [2.24, 2.45) is 5.41 Å². The molecule has 15 heteroatoms. The first kappa shape index (κ1) is 39.5. The zero-order chi connectivity index (χ0) is 40.2. The summed E-state index contributed by atoms with van der Waals surface area (Å²) in [6, 6.07) is 3.14. The van der Waals surface area contributed by atoms with Gasteiger partial charge in [0.2, 0.25) is 0 Å². The molecule has 4 amide bonds. The molecular weight excluding hydrogens is 711 g/mol. The maximum Gasteiger partial charge on any atom is 0.414 e. The predicted octanol–water partition coefficient (Wildman–Crippen LogP) is 8.73. The van der Waals surface area contributed by atoms with Gasteiger partial charge in [0.1, 0.15) is 28.7 Å². The number of halogens is 1. The van der Waals surface area contributed by atoms with Gasteiger partial charge in [0.05, 0.1) is 17.1 Å². The lowest BCUT2D eigenvalue weighted by Crippen LogP contribution is -2.66. The average molecular weight is 763 g/mol. The second-order valence-electron chi connectivity index (χ2n) is 17.8. The van der Waals surface area contributed by atoms with Gasteiger partial charge in [-0.3, -0.25) is 20.5 Å². The molecule has 1 aliphatic carbocycles. The van der Waals surface area contributed by atoms with Gasteiger partial charge in [-0.2, -0.15) is 0 Å². The van der Waals surface area contributed by atoms with Crippen LogP contribution in [0.5, 0.6) is 0 Å². The van der Waals surface area contributed by atoms with Crippen molar-refractivity contribution in [3.8, 4) is 11.1 Å². The number of fused-ring (bicyclic) bond motifs is 2. The number of hydrogen-bond donors (Lipinski definition) is 2. The molecule has 2 aliphatic heterocycles. The number of rotatable bonds is 4. The van der Waals surface area contributed by atoms with E-state index in [1.54, 1.807) is 71.7 Å². The van der Waals surface area contributed by atoms with E-state index in [4.69, 9.17) is 18.9 Å². The number of carbonyl (C=O) groups excluding carboxylic acids is 4. The van der Waals surface area contributed by atoms with Crippen LogP contribution in [-0.4, -0.2) is 81.8 Å². The number of amides is 4. The van der Waals surface area contributed by atoms with Gasteiger partial charge in [0.15, 0.2) is 5.82 Å². The molecule has 0 unspecified atom stereocenters. The Kier molecular flexibility index (Phi) is 10.1. The first-order chi connectivity index (χ1) is 25.5. The molecule has 0 radical (unpaired) electrons. The summed E-state index contributed by atoms with van der Waals surface area (Å²) in [5.41, 5.74) is -0.0844. The molecule has 3 aromatic rings. The third kappa shape index (κ3) is 8.86. The number of hydrogen-bond acceptors (Lipinski definition) is 10. The molecule has 1 aromatic carbocycles. The number of carbonyl (C=O) groups is 4. The van der Waals surface area contributed by atoms with Crippen molar-refractivity contribution < 1.29 is 42.5 Å². The first-order valence-corrected chi connectivity index (χ1v) is 18.6. The lowest BCUT2D eigenvalue weighted by Gasteiger charge is -2.57. The third-order valence-corrected chi connectivity index (χ3v) is 9.47. The summed E-state index contributed by atoms with van der Waals surface area (Å²) >= 11 is 0. The molecular formula is C40H51FN6O8.